The smallest absolute Gasteiger partial charge is 0.238 e. The number of nitrogens with two attached hydrogens (primary N) is 1. The number of nitrogens with one attached hydrogen (secondary N) is 1. The van der Waals surface area contributed by atoms with Crippen molar-refractivity contribution in [1.29, 1.82) is 5.26 Å². The van der Waals surface area contributed by atoms with E-state index in [0.717, 1.165) is 12.1 Å². The van der Waals surface area contributed by atoms with Crippen molar-refractivity contribution in [3.63, 3.8) is 0 Å². The number of nitrogens with zero attached hydrogens (tertiary/aromatic N) is 2. The first-order chi connectivity index (χ1) is 13.6. The van der Waals surface area contributed by atoms with Crippen LogP contribution in [0.4, 0.5) is 5.69 Å². The molecule has 0 radical (unpaired) electrons. The van der Waals surface area contributed by atoms with E-state index in [1.54, 1.807) is 6.07 Å². The van der Waals surface area contributed by atoms with Gasteiger partial charge in [0.1, 0.15) is 11.1 Å². The average molecular weight is 433 g/mol. The molecule has 0 aliphatic rings. The van der Waals surface area contributed by atoms with Crippen LogP contribution < -0.4 is 10.5 Å². The van der Waals surface area contributed by atoms with Gasteiger partial charge in [-0.05, 0) is 55.2 Å². The predicted octanol–water partition coefficient (Wildman–Crippen LogP) is 3.31. The highest BCUT2D eigenvalue weighted by Gasteiger charge is 2.21. The molecule has 1 aromatic heterocycles. The predicted molar refractivity (Wildman–Crippen MR) is 114 cm³/mol. The van der Waals surface area contributed by atoms with Crippen molar-refractivity contribution in [1.82, 2.24) is 4.98 Å². The number of aromatic nitrogens is 1. The molecule has 2 aromatic rings. The maximum Gasteiger partial charge on any atom is 0.238 e. The number of pyridine rings is 1. The molecular weight excluding hydrogens is 408 g/mol. The summed E-state index contributed by atoms with van der Waals surface area (Å²) in [6, 6.07) is 11.4. The second-order valence-electron chi connectivity index (χ2n) is 6.94. The van der Waals surface area contributed by atoms with E-state index < -0.39 is 15.3 Å². The lowest BCUT2D eigenvalue weighted by atomic mass is 10.1. The topological polar surface area (TPSA) is 126 Å². The molecule has 154 valence electrons. The lowest BCUT2D eigenvalue weighted by molar-refractivity contribution is -0.115. The summed E-state index contributed by atoms with van der Waals surface area (Å²) in [5.74, 6) is 0.180. The monoisotopic (exact) mass is 432 g/mol. The summed E-state index contributed by atoms with van der Waals surface area (Å²) < 4.78 is 22.7. The SMILES string of the molecule is CCC(Sc1nc(CC(C)C)ccc1C#N)C(=O)Nc1ccc(S(N)(=O)=O)cc1. The summed E-state index contributed by atoms with van der Waals surface area (Å²) in [7, 11) is -3.79. The molecule has 0 saturated carbocycles. The molecule has 0 saturated heterocycles. The summed E-state index contributed by atoms with van der Waals surface area (Å²) in [5.41, 5.74) is 1.78. The van der Waals surface area contributed by atoms with Crippen molar-refractivity contribution in [3.8, 4) is 6.07 Å². The Morgan fingerprint density at radius 2 is 1.90 bits per heavy atom. The molecule has 1 aromatic carbocycles. The van der Waals surface area contributed by atoms with Crippen molar-refractivity contribution in [2.45, 2.75) is 48.8 Å². The van der Waals surface area contributed by atoms with Crippen LogP contribution in [0, 0.1) is 17.2 Å². The van der Waals surface area contributed by atoms with Gasteiger partial charge in [0.25, 0.3) is 0 Å². The van der Waals surface area contributed by atoms with Gasteiger partial charge in [-0.3, -0.25) is 4.79 Å². The lowest BCUT2D eigenvalue weighted by Gasteiger charge is -2.16. The fraction of sp³-hybridized carbons (Fsp3) is 0.350. The van der Waals surface area contributed by atoms with Gasteiger partial charge in [-0.15, -0.1) is 0 Å². The van der Waals surface area contributed by atoms with Gasteiger partial charge < -0.3 is 5.32 Å². The number of carbonyl (C=O) groups excluding carboxylic acids is 1. The fourth-order valence-electron chi connectivity index (χ4n) is 2.59. The standard InChI is InChI=1S/C20H24N4O3S2/c1-4-18(19(25)23-15-7-9-17(10-8-15)29(22,26)27)28-20-14(12-21)5-6-16(24-20)11-13(2)3/h5-10,13,18H,4,11H2,1-3H3,(H,23,25)(H2,22,26,27). The fourth-order valence-corrected chi connectivity index (χ4v) is 4.12. The number of nitriles is 1. The van der Waals surface area contributed by atoms with E-state index in [9.17, 15) is 18.5 Å². The zero-order valence-electron chi connectivity index (χ0n) is 16.5. The van der Waals surface area contributed by atoms with Crippen molar-refractivity contribution in [3.05, 3.63) is 47.7 Å². The van der Waals surface area contributed by atoms with Crippen LogP contribution in [0.5, 0.6) is 0 Å². The summed E-state index contributed by atoms with van der Waals surface area (Å²) in [6.45, 7) is 6.07. The minimum atomic E-state index is -3.79. The summed E-state index contributed by atoms with van der Waals surface area (Å²) in [6.07, 6.45) is 1.32. The normalized spacial score (nSPS) is 12.4. The van der Waals surface area contributed by atoms with Crippen LogP contribution in [0.2, 0.25) is 0 Å². The van der Waals surface area contributed by atoms with E-state index in [0.29, 0.717) is 28.6 Å². The largest absolute Gasteiger partial charge is 0.325 e. The van der Waals surface area contributed by atoms with Crippen molar-refractivity contribution >= 4 is 33.4 Å². The number of benzene rings is 1. The summed E-state index contributed by atoms with van der Waals surface area (Å²) >= 11 is 1.25. The number of rotatable bonds is 8. The van der Waals surface area contributed by atoms with Gasteiger partial charge in [0.15, 0.2) is 0 Å². The number of primary sulfonamides is 1. The number of hydrogen-bond donors (Lipinski definition) is 2. The van der Waals surface area contributed by atoms with Gasteiger partial charge >= 0.3 is 0 Å². The molecule has 1 heterocycles. The Hall–Kier alpha value is -2.41. The number of sulfonamides is 1. The van der Waals surface area contributed by atoms with Crippen LogP contribution in [0.25, 0.3) is 0 Å². The highest BCUT2D eigenvalue weighted by atomic mass is 32.2. The molecule has 7 nitrogen and oxygen atoms in total. The molecule has 2 rings (SSSR count). The third-order valence-electron chi connectivity index (χ3n) is 4.02. The Balaban J connectivity index is 2.17. The Labute approximate surface area is 175 Å². The Morgan fingerprint density at radius 1 is 1.24 bits per heavy atom. The molecule has 9 heteroatoms. The molecule has 29 heavy (non-hydrogen) atoms. The van der Waals surface area contributed by atoms with Crippen LogP contribution in [0.3, 0.4) is 0 Å². The Kier molecular flexibility index (Phi) is 7.79. The minimum absolute atomic E-state index is 0.0262. The molecule has 0 spiro atoms. The molecule has 0 fully saturated rings. The molecule has 3 N–H and O–H groups in total. The Morgan fingerprint density at radius 3 is 2.41 bits per heavy atom. The van der Waals surface area contributed by atoms with Crippen LogP contribution in [0.1, 0.15) is 38.4 Å². The van der Waals surface area contributed by atoms with Crippen LogP contribution in [-0.2, 0) is 21.2 Å². The average Bonchev–Trinajstić information content (AvgIpc) is 2.65. The molecule has 0 aliphatic carbocycles. The molecule has 1 amide bonds. The first kappa shape index (κ1) is 22.9. The molecule has 1 unspecified atom stereocenters. The van der Waals surface area contributed by atoms with Gasteiger partial charge in [0, 0.05) is 11.4 Å². The number of thioether (sulfide) groups is 1. The second kappa shape index (κ2) is 9.87. The van der Waals surface area contributed by atoms with Gasteiger partial charge in [-0.1, -0.05) is 32.5 Å². The molecule has 0 aliphatic heterocycles. The minimum Gasteiger partial charge on any atom is -0.325 e. The summed E-state index contributed by atoms with van der Waals surface area (Å²) in [4.78, 5) is 17.3. The van der Waals surface area contributed by atoms with Crippen LogP contribution in [-0.4, -0.2) is 24.6 Å². The number of anilines is 1. The number of carbonyl (C=O) groups is 1. The van der Waals surface area contributed by atoms with E-state index >= 15 is 0 Å². The maximum atomic E-state index is 12.7. The van der Waals surface area contributed by atoms with Crippen molar-refractivity contribution in [2.75, 3.05) is 5.32 Å². The van der Waals surface area contributed by atoms with E-state index in [4.69, 9.17) is 5.14 Å². The quantitative estimate of drug-likeness (QED) is 0.616. The van der Waals surface area contributed by atoms with Crippen LogP contribution in [0.15, 0.2) is 46.3 Å². The molecular formula is C20H24N4O3S2. The van der Waals surface area contributed by atoms with Crippen molar-refractivity contribution < 1.29 is 13.2 Å². The number of amides is 1. The molecule has 0 bridgehead atoms. The number of hydrogen-bond acceptors (Lipinski definition) is 6. The van der Waals surface area contributed by atoms with E-state index in [1.807, 2.05) is 13.0 Å². The van der Waals surface area contributed by atoms with Gasteiger partial charge in [0.05, 0.1) is 15.7 Å². The highest BCUT2D eigenvalue weighted by molar-refractivity contribution is 8.00. The first-order valence-corrected chi connectivity index (χ1v) is 11.6. The first-order valence-electron chi connectivity index (χ1n) is 9.14. The van der Waals surface area contributed by atoms with E-state index in [-0.39, 0.29) is 10.8 Å². The Bertz CT molecular complexity index is 1010. The maximum absolute atomic E-state index is 12.7. The second-order valence-corrected chi connectivity index (χ2v) is 9.69. The van der Waals surface area contributed by atoms with Gasteiger partial charge in [-0.2, -0.15) is 5.26 Å². The van der Waals surface area contributed by atoms with Gasteiger partial charge in [-0.25, -0.2) is 18.5 Å². The van der Waals surface area contributed by atoms with Crippen LogP contribution >= 0.6 is 11.8 Å². The highest BCUT2D eigenvalue weighted by Crippen LogP contribution is 2.28. The third-order valence-corrected chi connectivity index (χ3v) is 6.32. The third kappa shape index (κ3) is 6.56. The van der Waals surface area contributed by atoms with E-state index in [2.05, 4.69) is 30.2 Å². The lowest BCUT2D eigenvalue weighted by Crippen LogP contribution is -2.25. The zero-order chi connectivity index (χ0) is 21.6. The molecule has 1 atom stereocenters. The zero-order valence-corrected chi connectivity index (χ0v) is 18.2. The van der Waals surface area contributed by atoms with E-state index in [1.165, 1.54) is 36.0 Å². The van der Waals surface area contributed by atoms with Crippen molar-refractivity contribution in [2.24, 2.45) is 11.1 Å². The van der Waals surface area contributed by atoms with Gasteiger partial charge in [0.2, 0.25) is 15.9 Å². The summed E-state index contributed by atoms with van der Waals surface area (Å²) in [5, 5.41) is 17.3.